The SMILES string of the molecule is COCC(=O)O.O=C(OCC1CCCCC1)N(c1ccccc1)c1ccccc1. The summed E-state index contributed by atoms with van der Waals surface area (Å²) < 4.78 is 9.84. The van der Waals surface area contributed by atoms with Gasteiger partial charge in [0, 0.05) is 7.11 Å². The van der Waals surface area contributed by atoms with Crippen LogP contribution in [0.15, 0.2) is 60.7 Å². The van der Waals surface area contributed by atoms with E-state index in [0.717, 1.165) is 11.4 Å². The number of rotatable bonds is 6. The fourth-order valence-electron chi connectivity index (χ4n) is 3.24. The van der Waals surface area contributed by atoms with Crippen LogP contribution in [0.25, 0.3) is 0 Å². The van der Waals surface area contributed by atoms with Crippen molar-refractivity contribution in [2.75, 3.05) is 25.2 Å². The van der Waals surface area contributed by atoms with Gasteiger partial charge in [0.2, 0.25) is 0 Å². The van der Waals surface area contributed by atoms with Crippen LogP contribution in [-0.4, -0.2) is 37.5 Å². The van der Waals surface area contributed by atoms with E-state index in [1.54, 1.807) is 4.90 Å². The van der Waals surface area contributed by atoms with Gasteiger partial charge in [0.25, 0.3) is 0 Å². The van der Waals surface area contributed by atoms with Crippen LogP contribution < -0.4 is 4.90 Å². The molecule has 0 heterocycles. The predicted molar refractivity (Wildman–Crippen MR) is 112 cm³/mol. The maximum atomic E-state index is 12.7. The second-order valence-electron chi connectivity index (χ2n) is 6.91. The van der Waals surface area contributed by atoms with E-state index in [4.69, 9.17) is 9.84 Å². The Morgan fingerprint density at radius 2 is 1.45 bits per heavy atom. The fourth-order valence-corrected chi connectivity index (χ4v) is 3.24. The lowest BCUT2D eigenvalue weighted by molar-refractivity contribution is -0.141. The smallest absolute Gasteiger partial charge is 0.418 e. The molecule has 2 aromatic carbocycles. The monoisotopic (exact) mass is 399 g/mol. The molecular weight excluding hydrogens is 370 g/mol. The van der Waals surface area contributed by atoms with Crippen molar-refractivity contribution in [2.45, 2.75) is 32.1 Å². The van der Waals surface area contributed by atoms with Crippen LogP contribution in [0, 0.1) is 5.92 Å². The van der Waals surface area contributed by atoms with Gasteiger partial charge in [0.05, 0.1) is 18.0 Å². The van der Waals surface area contributed by atoms with Gasteiger partial charge in [-0.05, 0) is 43.0 Å². The maximum Gasteiger partial charge on any atom is 0.418 e. The molecule has 1 aliphatic rings. The summed E-state index contributed by atoms with van der Waals surface area (Å²) in [6, 6.07) is 19.3. The molecule has 156 valence electrons. The molecule has 6 heteroatoms. The fraction of sp³-hybridized carbons (Fsp3) is 0.391. The highest BCUT2D eigenvalue weighted by Gasteiger charge is 2.21. The van der Waals surface area contributed by atoms with Crippen molar-refractivity contribution in [1.82, 2.24) is 0 Å². The minimum Gasteiger partial charge on any atom is -0.480 e. The first-order chi connectivity index (χ1) is 14.1. The lowest BCUT2D eigenvalue weighted by Crippen LogP contribution is -2.29. The number of carboxylic acids is 1. The molecule has 0 unspecified atom stereocenters. The summed E-state index contributed by atoms with van der Waals surface area (Å²) >= 11 is 0. The molecule has 0 bridgehead atoms. The molecule has 1 amide bonds. The van der Waals surface area contributed by atoms with Gasteiger partial charge in [0.1, 0.15) is 6.61 Å². The number of hydrogen-bond acceptors (Lipinski definition) is 4. The van der Waals surface area contributed by atoms with E-state index in [-0.39, 0.29) is 12.7 Å². The van der Waals surface area contributed by atoms with Gasteiger partial charge in [-0.25, -0.2) is 14.5 Å². The number of anilines is 2. The number of ether oxygens (including phenoxy) is 2. The topological polar surface area (TPSA) is 76.1 Å². The van der Waals surface area contributed by atoms with E-state index in [1.165, 1.54) is 39.2 Å². The molecule has 0 aromatic heterocycles. The number of para-hydroxylation sites is 2. The normalized spacial score (nSPS) is 13.7. The van der Waals surface area contributed by atoms with Gasteiger partial charge in [-0.1, -0.05) is 55.7 Å². The lowest BCUT2D eigenvalue weighted by atomic mass is 9.90. The first-order valence-electron chi connectivity index (χ1n) is 9.89. The molecule has 2 aromatic rings. The molecule has 1 fully saturated rings. The highest BCUT2D eigenvalue weighted by molar-refractivity contribution is 5.95. The van der Waals surface area contributed by atoms with E-state index in [2.05, 4.69) is 4.74 Å². The number of benzene rings is 2. The molecule has 29 heavy (non-hydrogen) atoms. The van der Waals surface area contributed by atoms with Crippen LogP contribution in [0.3, 0.4) is 0 Å². The third kappa shape index (κ3) is 7.95. The first kappa shape index (κ1) is 22.4. The third-order valence-electron chi connectivity index (χ3n) is 4.65. The van der Waals surface area contributed by atoms with Gasteiger partial charge in [-0.2, -0.15) is 0 Å². The third-order valence-corrected chi connectivity index (χ3v) is 4.65. The molecule has 6 nitrogen and oxygen atoms in total. The lowest BCUT2D eigenvalue weighted by Gasteiger charge is -2.25. The summed E-state index contributed by atoms with van der Waals surface area (Å²) in [5.41, 5.74) is 1.65. The van der Waals surface area contributed by atoms with Gasteiger partial charge >= 0.3 is 12.1 Å². The molecule has 3 rings (SSSR count). The number of nitrogens with zero attached hydrogens (tertiary/aromatic N) is 1. The quantitative estimate of drug-likeness (QED) is 0.717. The summed E-state index contributed by atoms with van der Waals surface area (Å²) in [5, 5.41) is 7.79. The van der Waals surface area contributed by atoms with E-state index in [9.17, 15) is 9.59 Å². The molecule has 0 radical (unpaired) electrons. The Kier molecular flexibility index (Phi) is 9.72. The molecule has 1 aliphatic carbocycles. The summed E-state index contributed by atoms with van der Waals surface area (Å²) in [6.45, 7) is 0.314. The summed E-state index contributed by atoms with van der Waals surface area (Å²) in [6.07, 6.45) is 5.86. The molecular formula is C23H29NO5. The van der Waals surface area contributed by atoms with Crippen LogP contribution in [-0.2, 0) is 14.3 Å². The average Bonchev–Trinajstić information content (AvgIpc) is 2.75. The van der Waals surface area contributed by atoms with Crippen molar-refractivity contribution < 1.29 is 24.2 Å². The zero-order chi connectivity index (χ0) is 20.9. The van der Waals surface area contributed by atoms with E-state index in [0.29, 0.717) is 12.5 Å². The second-order valence-corrected chi connectivity index (χ2v) is 6.91. The molecule has 0 aliphatic heterocycles. The van der Waals surface area contributed by atoms with Crippen molar-refractivity contribution in [2.24, 2.45) is 5.92 Å². The number of hydrogen-bond donors (Lipinski definition) is 1. The number of aliphatic carboxylic acids is 1. The summed E-state index contributed by atoms with van der Waals surface area (Å²) in [7, 11) is 1.34. The Balaban J connectivity index is 0.000000438. The Labute approximate surface area is 172 Å². The van der Waals surface area contributed by atoms with Crippen LogP contribution >= 0.6 is 0 Å². The van der Waals surface area contributed by atoms with Crippen LogP contribution in [0.1, 0.15) is 32.1 Å². The number of carbonyl (C=O) groups is 2. The Bertz CT molecular complexity index is 690. The minimum atomic E-state index is -0.933. The number of carboxylic acid groups (broad SMARTS) is 1. The van der Waals surface area contributed by atoms with Crippen molar-refractivity contribution in [3.63, 3.8) is 0 Å². The van der Waals surface area contributed by atoms with Gasteiger partial charge < -0.3 is 14.6 Å². The summed E-state index contributed by atoms with van der Waals surface area (Å²) in [5.74, 6) is -0.418. The van der Waals surface area contributed by atoms with Gasteiger partial charge in [-0.15, -0.1) is 0 Å². The molecule has 0 saturated heterocycles. The first-order valence-corrected chi connectivity index (χ1v) is 9.89. The minimum absolute atomic E-state index is 0.208. The molecule has 1 N–H and O–H groups in total. The van der Waals surface area contributed by atoms with Gasteiger partial charge in [0.15, 0.2) is 0 Å². The number of carbonyl (C=O) groups excluding carboxylic acids is 1. The standard InChI is InChI=1S/C20H23NO2.C3H6O3/c22-20(23-16-17-10-4-1-5-11-17)21(18-12-6-2-7-13-18)19-14-8-3-9-15-19;1-6-2-3(4)5/h2-3,6-9,12-15,17H,1,4-5,10-11,16H2;2H2,1H3,(H,4,5). The summed E-state index contributed by atoms with van der Waals surface area (Å²) in [4.78, 5) is 23.8. The van der Waals surface area contributed by atoms with Crippen LogP contribution in [0.4, 0.5) is 16.2 Å². The number of methoxy groups -OCH3 is 1. The zero-order valence-electron chi connectivity index (χ0n) is 16.8. The number of amides is 1. The molecule has 0 spiro atoms. The van der Waals surface area contributed by atoms with Crippen molar-refractivity contribution in [1.29, 1.82) is 0 Å². The average molecular weight is 399 g/mol. The zero-order valence-corrected chi connectivity index (χ0v) is 16.8. The highest BCUT2D eigenvalue weighted by atomic mass is 16.6. The maximum absolute atomic E-state index is 12.7. The highest BCUT2D eigenvalue weighted by Crippen LogP contribution is 2.27. The Hall–Kier alpha value is -2.86. The largest absolute Gasteiger partial charge is 0.480 e. The van der Waals surface area contributed by atoms with Crippen molar-refractivity contribution in [3.05, 3.63) is 60.7 Å². The Morgan fingerprint density at radius 1 is 0.931 bits per heavy atom. The molecule has 0 atom stereocenters. The van der Waals surface area contributed by atoms with Gasteiger partial charge in [-0.3, -0.25) is 0 Å². The van der Waals surface area contributed by atoms with E-state index >= 15 is 0 Å². The van der Waals surface area contributed by atoms with E-state index < -0.39 is 5.97 Å². The van der Waals surface area contributed by atoms with Crippen molar-refractivity contribution >= 4 is 23.4 Å². The van der Waals surface area contributed by atoms with E-state index in [1.807, 2.05) is 60.7 Å². The van der Waals surface area contributed by atoms with Crippen molar-refractivity contribution in [3.8, 4) is 0 Å². The molecule has 1 saturated carbocycles. The van der Waals surface area contributed by atoms with Crippen LogP contribution in [0.5, 0.6) is 0 Å². The predicted octanol–water partition coefficient (Wildman–Crippen LogP) is 5.26. The van der Waals surface area contributed by atoms with Crippen LogP contribution in [0.2, 0.25) is 0 Å². The second kappa shape index (κ2) is 12.6. The Morgan fingerprint density at radius 3 is 1.86 bits per heavy atom.